The number of thiazole rings is 1. The van der Waals surface area contributed by atoms with E-state index in [-0.39, 0.29) is 11.8 Å². The second kappa shape index (κ2) is 9.95. The number of para-hydroxylation sites is 1. The first-order valence-electron chi connectivity index (χ1n) is 11.8. The number of nitrogen functional groups attached to an aromatic ring is 1. The molecule has 182 valence electrons. The molecular formula is C26H28N4O4S. The van der Waals surface area contributed by atoms with E-state index in [1.807, 2.05) is 31.2 Å². The van der Waals surface area contributed by atoms with Gasteiger partial charge in [-0.15, -0.1) is 0 Å². The van der Waals surface area contributed by atoms with E-state index < -0.39 is 0 Å². The molecule has 1 aliphatic heterocycles. The van der Waals surface area contributed by atoms with Crippen LogP contribution >= 0.6 is 11.3 Å². The number of benzene rings is 2. The highest BCUT2D eigenvalue weighted by Gasteiger charge is 2.30. The predicted octanol–water partition coefficient (Wildman–Crippen LogP) is 3.75. The minimum absolute atomic E-state index is 0.163. The standard InChI is InChI=1S/C26H28N4O4S/c1-16-4-2-5-18(14-16)23-21(29-26(27)35-23)25(32)30(15-17-8-9-17)11-10-28-24(31)19-6-3-7-20-22(19)34-13-12-33-20/h2-7,14,17H,8-13,15H2,1H3,(H2,27,29)(H,28,31). The Labute approximate surface area is 208 Å². The number of nitrogens with zero attached hydrogens (tertiary/aromatic N) is 2. The maximum absolute atomic E-state index is 13.6. The van der Waals surface area contributed by atoms with E-state index >= 15 is 0 Å². The summed E-state index contributed by atoms with van der Waals surface area (Å²) in [5.74, 6) is 1.09. The summed E-state index contributed by atoms with van der Waals surface area (Å²) < 4.78 is 11.2. The number of nitrogens with two attached hydrogens (primary N) is 1. The zero-order valence-electron chi connectivity index (χ0n) is 19.6. The summed E-state index contributed by atoms with van der Waals surface area (Å²) in [6.45, 7) is 4.19. The van der Waals surface area contributed by atoms with Gasteiger partial charge in [-0.2, -0.15) is 0 Å². The van der Waals surface area contributed by atoms with Crippen molar-refractivity contribution in [3.63, 3.8) is 0 Å². The van der Waals surface area contributed by atoms with Gasteiger partial charge in [-0.3, -0.25) is 9.59 Å². The lowest BCUT2D eigenvalue weighted by atomic mass is 10.1. The summed E-state index contributed by atoms with van der Waals surface area (Å²) in [6.07, 6.45) is 2.21. The van der Waals surface area contributed by atoms with E-state index in [4.69, 9.17) is 15.2 Å². The molecule has 0 radical (unpaired) electrons. The first-order chi connectivity index (χ1) is 17.0. The summed E-state index contributed by atoms with van der Waals surface area (Å²) in [4.78, 5) is 33.4. The van der Waals surface area contributed by atoms with Gasteiger partial charge in [0.1, 0.15) is 18.9 Å². The molecular weight excluding hydrogens is 464 g/mol. The molecule has 2 amide bonds. The molecule has 8 nitrogen and oxygen atoms in total. The number of carbonyl (C=O) groups excluding carboxylic acids is 2. The predicted molar refractivity (Wildman–Crippen MR) is 135 cm³/mol. The average Bonchev–Trinajstić information content (AvgIpc) is 3.60. The number of fused-ring (bicyclic) bond motifs is 1. The summed E-state index contributed by atoms with van der Waals surface area (Å²) >= 11 is 1.32. The highest BCUT2D eigenvalue weighted by atomic mass is 32.1. The molecule has 0 bridgehead atoms. The lowest BCUT2D eigenvalue weighted by Crippen LogP contribution is -2.40. The van der Waals surface area contributed by atoms with E-state index in [9.17, 15) is 9.59 Å². The van der Waals surface area contributed by atoms with Gasteiger partial charge in [-0.1, -0.05) is 47.2 Å². The van der Waals surface area contributed by atoms with Crippen molar-refractivity contribution in [2.24, 2.45) is 5.92 Å². The Bertz CT molecular complexity index is 1250. The van der Waals surface area contributed by atoms with E-state index in [2.05, 4.69) is 10.3 Å². The summed E-state index contributed by atoms with van der Waals surface area (Å²) in [5, 5.41) is 3.29. The van der Waals surface area contributed by atoms with Crippen molar-refractivity contribution in [2.75, 3.05) is 38.6 Å². The normalized spacial score (nSPS) is 14.4. The van der Waals surface area contributed by atoms with E-state index in [1.165, 1.54) is 11.3 Å². The second-order valence-corrected chi connectivity index (χ2v) is 9.91. The van der Waals surface area contributed by atoms with E-state index in [0.29, 0.717) is 66.7 Å². The van der Waals surface area contributed by atoms with Gasteiger partial charge >= 0.3 is 0 Å². The molecule has 9 heteroatoms. The molecule has 3 aromatic rings. The molecule has 5 rings (SSSR count). The third-order valence-corrected chi connectivity index (χ3v) is 7.00. The number of hydrogen-bond acceptors (Lipinski definition) is 7. The van der Waals surface area contributed by atoms with Gasteiger partial charge in [0.05, 0.1) is 10.4 Å². The van der Waals surface area contributed by atoms with Crippen LogP contribution in [0.3, 0.4) is 0 Å². The van der Waals surface area contributed by atoms with Crippen molar-refractivity contribution in [2.45, 2.75) is 19.8 Å². The van der Waals surface area contributed by atoms with Gasteiger partial charge in [-0.05, 0) is 43.4 Å². The molecule has 2 heterocycles. The van der Waals surface area contributed by atoms with Crippen LogP contribution in [0.4, 0.5) is 5.13 Å². The summed E-state index contributed by atoms with van der Waals surface area (Å²) in [7, 11) is 0. The van der Waals surface area contributed by atoms with Crippen molar-refractivity contribution in [1.82, 2.24) is 15.2 Å². The van der Waals surface area contributed by atoms with Crippen LogP contribution in [-0.4, -0.2) is 54.5 Å². The molecule has 0 unspecified atom stereocenters. The fourth-order valence-corrected chi connectivity index (χ4v) is 4.97. The highest BCUT2D eigenvalue weighted by molar-refractivity contribution is 7.19. The van der Waals surface area contributed by atoms with Crippen LogP contribution in [0, 0.1) is 12.8 Å². The number of amides is 2. The Balaban J connectivity index is 1.30. The van der Waals surface area contributed by atoms with Crippen LogP contribution < -0.4 is 20.5 Å². The minimum atomic E-state index is -0.260. The Morgan fingerprint density at radius 1 is 1.17 bits per heavy atom. The van der Waals surface area contributed by atoms with Gasteiger partial charge in [0.2, 0.25) is 0 Å². The molecule has 1 saturated carbocycles. The number of rotatable bonds is 8. The Hall–Kier alpha value is -3.59. The lowest BCUT2D eigenvalue weighted by molar-refractivity contribution is 0.0736. The molecule has 1 aliphatic carbocycles. The van der Waals surface area contributed by atoms with Crippen LogP contribution in [-0.2, 0) is 0 Å². The number of aromatic nitrogens is 1. The third-order valence-electron chi connectivity index (χ3n) is 6.07. The second-order valence-electron chi connectivity index (χ2n) is 8.88. The van der Waals surface area contributed by atoms with Crippen molar-refractivity contribution in [3.05, 3.63) is 59.3 Å². The fraction of sp³-hybridized carbons (Fsp3) is 0.346. The molecule has 1 fully saturated rings. The van der Waals surface area contributed by atoms with Gasteiger partial charge < -0.3 is 25.4 Å². The third kappa shape index (κ3) is 5.24. The Kier molecular flexibility index (Phi) is 6.59. The van der Waals surface area contributed by atoms with Crippen LogP contribution in [0.25, 0.3) is 10.4 Å². The molecule has 1 aromatic heterocycles. The quantitative estimate of drug-likeness (QED) is 0.496. The molecule has 0 saturated heterocycles. The summed E-state index contributed by atoms with van der Waals surface area (Å²) in [6, 6.07) is 13.2. The smallest absolute Gasteiger partial charge is 0.274 e. The molecule has 0 spiro atoms. The number of anilines is 1. The maximum Gasteiger partial charge on any atom is 0.274 e. The van der Waals surface area contributed by atoms with Crippen LogP contribution in [0.15, 0.2) is 42.5 Å². The van der Waals surface area contributed by atoms with Gasteiger partial charge in [0.15, 0.2) is 16.6 Å². The first-order valence-corrected chi connectivity index (χ1v) is 12.6. The monoisotopic (exact) mass is 492 g/mol. The highest BCUT2D eigenvalue weighted by Crippen LogP contribution is 2.35. The molecule has 35 heavy (non-hydrogen) atoms. The molecule has 2 aliphatic rings. The van der Waals surface area contributed by atoms with Crippen molar-refractivity contribution in [3.8, 4) is 21.9 Å². The topological polar surface area (TPSA) is 107 Å². The minimum Gasteiger partial charge on any atom is -0.486 e. The van der Waals surface area contributed by atoms with Crippen LogP contribution in [0.2, 0.25) is 0 Å². The van der Waals surface area contributed by atoms with Gasteiger partial charge in [0, 0.05) is 19.6 Å². The zero-order chi connectivity index (χ0) is 24.4. The SMILES string of the molecule is Cc1cccc(-c2sc(N)nc2C(=O)N(CCNC(=O)c2cccc3c2OCCO3)CC2CC2)c1. The average molecular weight is 493 g/mol. The van der Waals surface area contributed by atoms with Crippen molar-refractivity contribution in [1.29, 1.82) is 0 Å². The van der Waals surface area contributed by atoms with Crippen LogP contribution in [0.1, 0.15) is 39.3 Å². The van der Waals surface area contributed by atoms with Crippen molar-refractivity contribution < 1.29 is 19.1 Å². The van der Waals surface area contributed by atoms with Crippen LogP contribution in [0.5, 0.6) is 11.5 Å². The Morgan fingerprint density at radius 2 is 1.97 bits per heavy atom. The van der Waals surface area contributed by atoms with Gasteiger partial charge in [-0.25, -0.2) is 4.98 Å². The molecule has 0 atom stereocenters. The fourth-order valence-electron chi connectivity index (χ4n) is 4.15. The Morgan fingerprint density at radius 3 is 2.77 bits per heavy atom. The molecule has 2 aromatic carbocycles. The lowest BCUT2D eigenvalue weighted by Gasteiger charge is -2.23. The molecule has 3 N–H and O–H groups in total. The van der Waals surface area contributed by atoms with Gasteiger partial charge in [0.25, 0.3) is 11.8 Å². The van der Waals surface area contributed by atoms with E-state index in [1.54, 1.807) is 23.1 Å². The summed E-state index contributed by atoms with van der Waals surface area (Å²) in [5.41, 5.74) is 8.85. The zero-order valence-corrected chi connectivity index (χ0v) is 20.4. The van der Waals surface area contributed by atoms with Crippen molar-refractivity contribution >= 4 is 28.3 Å². The number of carbonyl (C=O) groups is 2. The first kappa shape index (κ1) is 23.2. The number of aryl methyl sites for hydroxylation is 1. The maximum atomic E-state index is 13.6. The number of hydrogen-bond donors (Lipinski definition) is 2. The van der Waals surface area contributed by atoms with E-state index in [0.717, 1.165) is 28.8 Å². The number of ether oxygens (including phenoxy) is 2. The largest absolute Gasteiger partial charge is 0.486 e. The number of nitrogens with one attached hydrogen (secondary N) is 1.